The first kappa shape index (κ1) is 13.4. The molecule has 0 aromatic rings. The molecule has 0 aromatic carbocycles. The van der Waals surface area contributed by atoms with Crippen LogP contribution in [-0.4, -0.2) is 49.2 Å². The van der Waals surface area contributed by atoms with Crippen molar-refractivity contribution >= 4 is 5.97 Å². The van der Waals surface area contributed by atoms with Gasteiger partial charge in [0.2, 0.25) is 0 Å². The molecule has 0 spiro atoms. The summed E-state index contributed by atoms with van der Waals surface area (Å²) >= 11 is 0. The van der Waals surface area contributed by atoms with E-state index in [2.05, 4.69) is 4.74 Å². The first-order chi connectivity index (χ1) is 6.44. The zero-order valence-corrected chi connectivity index (χ0v) is 8.82. The highest BCUT2D eigenvalue weighted by Gasteiger charge is 2.29. The van der Waals surface area contributed by atoms with E-state index in [1.165, 1.54) is 7.11 Å². The van der Waals surface area contributed by atoms with Crippen molar-refractivity contribution in [1.82, 2.24) is 0 Å². The van der Waals surface area contributed by atoms with E-state index >= 15 is 0 Å². The van der Waals surface area contributed by atoms with Gasteiger partial charge in [-0.1, -0.05) is 0 Å². The largest absolute Gasteiger partial charge is 0.469 e. The third-order valence-electron chi connectivity index (χ3n) is 1.72. The predicted molar refractivity (Wildman–Crippen MR) is 49.7 cm³/mol. The molecule has 0 fully saturated rings. The Kier molecular flexibility index (Phi) is 5.68. The molecule has 1 atom stereocenters. The minimum atomic E-state index is -0.900. The first-order valence-corrected chi connectivity index (χ1v) is 4.39. The Morgan fingerprint density at radius 1 is 1.50 bits per heavy atom. The van der Waals surface area contributed by atoms with E-state index in [0.29, 0.717) is 0 Å². The van der Waals surface area contributed by atoms with Crippen molar-refractivity contribution in [3.05, 3.63) is 0 Å². The highest BCUT2D eigenvalue weighted by Crippen LogP contribution is 2.17. The van der Waals surface area contributed by atoms with Crippen molar-refractivity contribution in [2.75, 3.05) is 26.9 Å². The van der Waals surface area contributed by atoms with Gasteiger partial charge in [0.15, 0.2) is 0 Å². The summed E-state index contributed by atoms with van der Waals surface area (Å²) in [6.07, 6.45) is -0.900. The summed E-state index contributed by atoms with van der Waals surface area (Å²) in [4.78, 5) is 11.2. The van der Waals surface area contributed by atoms with Gasteiger partial charge in [-0.15, -0.1) is 0 Å². The SMILES string of the molecule is COC(=O)C(C)(C)COCC(O)CO. The quantitative estimate of drug-likeness (QED) is 0.576. The molecule has 5 heteroatoms. The molecule has 0 amide bonds. The summed E-state index contributed by atoms with van der Waals surface area (Å²) in [5.74, 6) is -0.365. The molecule has 0 aliphatic heterocycles. The second-order valence-corrected chi connectivity index (χ2v) is 3.73. The van der Waals surface area contributed by atoms with Gasteiger partial charge in [-0.25, -0.2) is 0 Å². The van der Waals surface area contributed by atoms with Crippen molar-refractivity contribution in [2.45, 2.75) is 20.0 Å². The molecular weight excluding hydrogens is 188 g/mol. The lowest BCUT2D eigenvalue weighted by atomic mass is 9.95. The van der Waals surface area contributed by atoms with Gasteiger partial charge in [-0.05, 0) is 13.8 Å². The number of aliphatic hydroxyl groups excluding tert-OH is 2. The van der Waals surface area contributed by atoms with E-state index in [0.717, 1.165) is 0 Å². The zero-order valence-electron chi connectivity index (χ0n) is 8.82. The van der Waals surface area contributed by atoms with Gasteiger partial charge in [0.1, 0.15) is 6.10 Å². The lowest BCUT2D eigenvalue weighted by Gasteiger charge is -2.21. The van der Waals surface area contributed by atoms with Gasteiger partial charge in [0.25, 0.3) is 0 Å². The Morgan fingerprint density at radius 2 is 2.07 bits per heavy atom. The third kappa shape index (κ3) is 4.55. The molecule has 1 unspecified atom stereocenters. The van der Waals surface area contributed by atoms with E-state index in [9.17, 15) is 4.79 Å². The average Bonchev–Trinajstić information content (AvgIpc) is 2.15. The molecule has 0 saturated heterocycles. The van der Waals surface area contributed by atoms with Crippen molar-refractivity contribution < 1.29 is 24.5 Å². The fourth-order valence-corrected chi connectivity index (χ4v) is 0.838. The van der Waals surface area contributed by atoms with Crippen molar-refractivity contribution in [3.63, 3.8) is 0 Å². The highest BCUT2D eigenvalue weighted by molar-refractivity contribution is 5.75. The Balaban J connectivity index is 3.82. The smallest absolute Gasteiger partial charge is 0.313 e. The second kappa shape index (κ2) is 5.95. The topological polar surface area (TPSA) is 76.0 Å². The van der Waals surface area contributed by atoms with Gasteiger partial charge in [-0.2, -0.15) is 0 Å². The van der Waals surface area contributed by atoms with Crippen molar-refractivity contribution in [3.8, 4) is 0 Å². The normalized spacial score (nSPS) is 13.8. The van der Waals surface area contributed by atoms with Gasteiger partial charge >= 0.3 is 5.97 Å². The summed E-state index contributed by atoms with van der Waals surface area (Å²) in [6, 6.07) is 0. The number of carbonyl (C=O) groups is 1. The molecule has 0 bridgehead atoms. The Bertz CT molecular complexity index is 178. The Hall–Kier alpha value is -0.650. The number of methoxy groups -OCH3 is 1. The van der Waals surface area contributed by atoms with Crippen LogP contribution >= 0.6 is 0 Å². The van der Waals surface area contributed by atoms with Gasteiger partial charge in [-0.3, -0.25) is 4.79 Å². The molecule has 84 valence electrons. The molecule has 0 saturated carbocycles. The van der Waals surface area contributed by atoms with Gasteiger partial charge < -0.3 is 19.7 Å². The van der Waals surface area contributed by atoms with Crippen LogP contribution in [0.3, 0.4) is 0 Å². The van der Waals surface area contributed by atoms with Gasteiger partial charge in [0, 0.05) is 0 Å². The van der Waals surface area contributed by atoms with Crippen LogP contribution in [-0.2, 0) is 14.3 Å². The summed E-state index contributed by atoms with van der Waals surface area (Å²) in [5, 5.41) is 17.5. The van der Waals surface area contributed by atoms with Crippen LogP contribution in [0, 0.1) is 5.41 Å². The van der Waals surface area contributed by atoms with Crippen LogP contribution in [0.4, 0.5) is 0 Å². The zero-order chi connectivity index (χ0) is 11.2. The van der Waals surface area contributed by atoms with Crippen molar-refractivity contribution in [1.29, 1.82) is 0 Å². The van der Waals surface area contributed by atoms with Crippen LogP contribution in [0.25, 0.3) is 0 Å². The number of hydrogen-bond donors (Lipinski definition) is 2. The molecular formula is C9H18O5. The monoisotopic (exact) mass is 206 g/mol. The number of rotatable bonds is 6. The van der Waals surface area contributed by atoms with E-state index in [4.69, 9.17) is 14.9 Å². The number of carbonyl (C=O) groups excluding carboxylic acids is 1. The van der Waals surface area contributed by atoms with E-state index in [1.807, 2.05) is 0 Å². The van der Waals surface area contributed by atoms with Gasteiger partial charge in [0.05, 0.1) is 32.3 Å². The third-order valence-corrected chi connectivity index (χ3v) is 1.72. The summed E-state index contributed by atoms with van der Waals surface area (Å²) in [5.41, 5.74) is -0.732. The molecule has 0 heterocycles. The fourth-order valence-electron chi connectivity index (χ4n) is 0.838. The number of esters is 1. The maximum atomic E-state index is 11.2. The summed E-state index contributed by atoms with van der Waals surface area (Å²) in [6.45, 7) is 3.18. The number of aliphatic hydroxyl groups is 2. The van der Waals surface area contributed by atoms with E-state index in [1.54, 1.807) is 13.8 Å². The Morgan fingerprint density at radius 3 is 2.50 bits per heavy atom. The lowest BCUT2D eigenvalue weighted by molar-refractivity contribution is -0.155. The fraction of sp³-hybridized carbons (Fsp3) is 0.889. The van der Waals surface area contributed by atoms with Crippen LogP contribution in [0.2, 0.25) is 0 Å². The Labute approximate surface area is 83.6 Å². The van der Waals surface area contributed by atoms with E-state index in [-0.39, 0.29) is 25.8 Å². The lowest BCUT2D eigenvalue weighted by Crippen LogP contribution is -2.32. The maximum Gasteiger partial charge on any atom is 0.313 e. The molecule has 0 aliphatic rings. The summed E-state index contributed by atoms with van der Waals surface area (Å²) in [7, 11) is 1.31. The first-order valence-electron chi connectivity index (χ1n) is 4.39. The van der Waals surface area contributed by atoms with E-state index < -0.39 is 11.5 Å². The molecule has 0 rings (SSSR count). The molecule has 14 heavy (non-hydrogen) atoms. The van der Waals surface area contributed by atoms with Crippen LogP contribution in [0.15, 0.2) is 0 Å². The van der Waals surface area contributed by atoms with Crippen LogP contribution in [0.5, 0.6) is 0 Å². The minimum absolute atomic E-state index is 0.0108. The highest BCUT2D eigenvalue weighted by atomic mass is 16.5. The van der Waals surface area contributed by atoms with Crippen LogP contribution < -0.4 is 0 Å². The maximum absolute atomic E-state index is 11.2. The molecule has 2 N–H and O–H groups in total. The predicted octanol–water partition coefficient (Wildman–Crippen LogP) is -0.445. The molecule has 0 aliphatic carbocycles. The standard InChI is InChI=1S/C9H18O5/c1-9(2,8(12)13-3)6-14-5-7(11)4-10/h7,10-11H,4-6H2,1-3H3. The summed E-state index contributed by atoms with van der Waals surface area (Å²) < 4.78 is 9.63. The minimum Gasteiger partial charge on any atom is -0.469 e. The molecule has 0 aromatic heterocycles. The number of ether oxygens (including phenoxy) is 2. The molecule has 5 nitrogen and oxygen atoms in total. The second-order valence-electron chi connectivity index (χ2n) is 3.73. The molecule has 0 radical (unpaired) electrons. The number of hydrogen-bond acceptors (Lipinski definition) is 5. The average molecular weight is 206 g/mol. The van der Waals surface area contributed by atoms with Crippen molar-refractivity contribution in [2.24, 2.45) is 5.41 Å². The van der Waals surface area contributed by atoms with Crippen LogP contribution in [0.1, 0.15) is 13.8 Å².